The number of esters is 2. The van der Waals surface area contributed by atoms with Crippen LogP contribution in [-0.2, 0) is 38.0 Å². The van der Waals surface area contributed by atoms with Crippen LogP contribution in [0.1, 0.15) is 11.7 Å². The Morgan fingerprint density at radius 3 is 2.48 bits per heavy atom. The first kappa shape index (κ1) is 27.1. The van der Waals surface area contributed by atoms with E-state index >= 15 is 0 Å². The van der Waals surface area contributed by atoms with Gasteiger partial charge in [0.05, 0.1) is 43.1 Å². The molecule has 40 heavy (non-hydrogen) atoms. The van der Waals surface area contributed by atoms with Crippen molar-refractivity contribution in [3.05, 3.63) is 53.3 Å². The molecule has 14 heteroatoms. The number of fused-ring (bicyclic) bond motifs is 5. The number of phenols is 1. The van der Waals surface area contributed by atoms with E-state index in [4.69, 9.17) is 28.4 Å². The summed E-state index contributed by atoms with van der Waals surface area (Å²) in [6, 6.07) is 5.60. The highest BCUT2D eigenvalue weighted by Gasteiger charge is 2.78. The number of hydrogen-bond acceptors (Lipinski definition) is 14. The Morgan fingerprint density at radius 2 is 1.80 bits per heavy atom. The zero-order valence-corrected chi connectivity index (χ0v) is 21.0. The molecule has 4 aliphatic heterocycles. The molecule has 12 atom stereocenters. The van der Waals surface area contributed by atoms with Crippen molar-refractivity contribution in [3.8, 4) is 5.75 Å². The van der Waals surface area contributed by atoms with Crippen molar-refractivity contribution in [1.29, 1.82) is 0 Å². The standard InChI is InChI=1S/C26H28O14/c1-35-22(33)12-8-36-24(39-25-19(32)18(31)17(30)13(7-27)37-25)15-14(12)20-21(38-20)26(15)6-11(23(34)40-26)16(29)9-2-4-10(28)5-3-9/h2-6,8,13-21,24-25,27-32H,7H2,1H3/t13-,14-,15-,16?,17-,18+,19-,20+,21+,24+,25?,26-/m1/s1. The molecule has 0 amide bonds. The molecule has 0 aromatic heterocycles. The van der Waals surface area contributed by atoms with Crippen LogP contribution in [0, 0.1) is 11.8 Å². The Kier molecular flexibility index (Phi) is 6.63. The second kappa shape index (κ2) is 9.78. The normalized spacial score (nSPS) is 42.2. The lowest BCUT2D eigenvalue weighted by molar-refractivity contribution is -0.347. The molecule has 1 aliphatic carbocycles. The summed E-state index contributed by atoms with van der Waals surface area (Å²) in [6.45, 7) is -0.685. The van der Waals surface area contributed by atoms with E-state index in [1.165, 1.54) is 37.5 Å². The molecule has 216 valence electrons. The quantitative estimate of drug-likeness (QED) is 0.161. The van der Waals surface area contributed by atoms with Gasteiger partial charge in [0, 0.05) is 5.92 Å². The van der Waals surface area contributed by atoms with E-state index in [0.717, 1.165) is 6.26 Å². The van der Waals surface area contributed by atoms with Crippen molar-refractivity contribution >= 4 is 11.9 Å². The van der Waals surface area contributed by atoms with E-state index in [2.05, 4.69) is 0 Å². The van der Waals surface area contributed by atoms with Gasteiger partial charge in [-0.2, -0.15) is 0 Å². The highest BCUT2D eigenvalue weighted by Crippen LogP contribution is 2.63. The molecule has 0 bridgehead atoms. The third kappa shape index (κ3) is 4.02. The van der Waals surface area contributed by atoms with E-state index in [1.54, 1.807) is 0 Å². The van der Waals surface area contributed by atoms with Crippen molar-refractivity contribution in [1.82, 2.24) is 0 Å². The van der Waals surface area contributed by atoms with Crippen LogP contribution in [0.2, 0.25) is 0 Å². The number of epoxide rings is 1. The minimum atomic E-state index is -1.75. The number of phenolic OH excluding ortho intramolecular Hbond substituents is 1. The van der Waals surface area contributed by atoms with E-state index < -0.39 is 91.3 Å². The zero-order valence-electron chi connectivity index (χ0n) is 21.0. The molecule has 2 saturated heterocycles. The lowest BCUT2D eigenvalue weighted by Crippen LogP contribution is -2.61. The third-order valence-corrected chi connectivity index (χ3v) is 8.14. The molecular weight excluding hydrogens is 536 g/mol. The van der Waals surface area contributed by atoms with Gasteiger partial charge in [-0.05, 0) is 23.8 Å². The number of aliphatic hydroxyl groups is 5. The number of methoxy groups -OCH3 is 1. The Morgan fingerprint density at radius 1 is 1.07 bits per heavy atom. The Hall–Kier alpha value is -3.08. The molecule has 6 rings (SSSR count). The number of carbonyl (C=O) groups excluding carboxylic acids is 2. The van der Waals surface area contributed by atoms with Gasteiger partial charge in [-0.3, -0.25) is 0 Å². The van der Waals surface area contributed by atoms with Crippen LogP contribution in [0.4, 0.5) is 0 Å². The minimum Gasteiger partial charge on any atom is -0.508 e. The molecule has 5 aliphatic rings. The number of benzene rings is 1. The molecule has 1 saturated carbocycles. The van der Waals surface area contributed by atoms with Crippen molar-refractivity contribution < 1.29 is 68.6 Å². The van der Waals surface area contributed by atoms with Crippen LogP contribution in [0.25, 0.3) is 0 Å². The predicted octanol–water partition coefficient (Wildman–Crippen LogP) is -2.11. The topological polar surface area (TPSA) is 214 Å². The van der Waals surface area contributed by atoms with E-state index in [1.807, 2.05) is 0 Å². The van der Waals surface area contributed by atoms with E-state index in [0.29, 0.717) is 5.56 Å². The molecule has 6 N–H and O–H groups in total. The summed E-state index contributed by atoms with van der Waals surface area (Å²) in [5, 5.41) is 61.0. The fraction of sp³-hybridized carbons (Fsp3) is 0.538. The summed E-state index contributed by atoms with van der Waals surface area (Å²) < 4.78 is 33.7. The summed E-state index contributed by atoms with van der Waals surface area (Å²) >= 11 is 0. The molecule has 4 heterocycles. The zero-order chi connectivity index (χ0) is 28.5. The molecular formula is C26H28O14. The summed E-state index contributed by atoms with van der Waals surface area (Å²) in [7, 11) is 1.19. The van der Waals surface area contributed by atoms with Gasteiger partial charge < -0.3 is 59.1 Å². The summed E-state index contributed by atoms with van der Waals surface area (Å²) in [5.74, 6) is -3.34. The average Bonchev–Trinajstić information content (AvgIpc) is 3.62. The summed E-state index contributed by atoms with van der Waals surface area (Å²) in [4.78, 5) is 25.8. The number of ether oxygens (including phenoxy) is 6. The van der Waals surface area contributed by atoms with Crippen molar-refractivity contribution in [3.63, 3.8) is 0 Å². The molecule has 2 unspecified atom stereocenters. The number of rotatable bonds is 6. The first-order chi connectivity index (χ1) is 19.1. The Labute approximate surface area is 226 Å². The maximum absolute atomic E-state index is 13.1. The smallest absolute Gasteiger partial charge is 0.337 e. The van der Waals surface area contributed by atoms with Gasteiger partial charge in [0.2, 0.25) is 6.29 Å². The van der Waals surface area contributed by atoms with Crippen LogP contribution in [0.3, 0.4) is 0 Å². The monoisotopic (exact) mass is 564 g/mol. The first-order valence-electron chi connectivity index (χ1n) is 12.6. The third-order valence-electron chi connectivity index (χ3n) is 8.14. The van der Waals surface area contributed by atoms with Gasteiger partial charge in [0.15, 0.2) is 11.9 Å². The average molecular weight is 564 g/mol. The fourth-order valence-corrected chi connectivity index (χ4v) is 6.10. The van der Waals surface area contributed by atoms with Gasteiger partial charge in [-0.25, -0.2) is 9.59 Å². The summed E-state index contributed by atoms with van der Waals surface area (Å²) in [5.41, 5.74) is -1.29. The van der Waals surface area contributed by atoms with Crippen LogP contribution in [0.15, 0.2) is 47.7 Å². The van der Waals surface area contributed by atoms with Crippen LogP contribution in [0.5, 0.6) is 5.75 Å². The van der Waals surface area contributed by atoms with Gasteiger partial charge in [0.1, 0.15) is 42.4 Å². The summed E-state index contributed by atoms with van der Waals surface area (Å²) in [6.07, 6.45) is -9.54. The fourth-order valence-electron chi connectivity index (χ4n) is 6.10. The number of aliphatic hydroxyl groups excluding tert-OH is 5. The van der Waals surface area contributed by atoms with Crippen LogP contribution >= 0.6 is 0 Å². The Balaban J connectivity index is 1.36. The lowest BCUT2D eigenvalue weighted by Gasteiger charge is -2.45. The molecule has 1 aromatic carbocycles. The van der Waals surface area contributed by atoms with Crippen molar-refractivity contribution in [2.45, 2.75) is 60.9 Å². The molecule has 1 spiro atoms. The first-order valence-corrected chi connectivity index (χ1v) is 12.6. The molecule has 14 nitrogen and oxygen atoms in total. The minimum absolute atomic E-state index is 0.0297. The molecule has 3 fully saturated rings. The number of aromatic hydroxyl groups is 1. The number of carbonyl (C=O) groups is 2. The van der Waals surface area contributed by atoms with Crippen LogP contribution < -0.4 is 0 Å². The largest absolute Gasteiger partial charge is 0.508 e. The van der Waals surface area contributed by atoms with Crippen molar-refractivity contribution in [2.75, 3.05) is 13.7 Å². The maximum Gasteiger partial charge on any atom is 0.337 e. The second-order valence-electron chi connectivity index (χ2n) is 10.3. The SMILES string of the molecule is COC(=O)C1=CO[C@@H](OC2O[C@H](CO)[C@@H](O)[C@H](O)[C@H]2O)[C@H]2[C@@H]1[C@@H]1O[C@@H]1[C@@]21C=C(C(O)c2ccc(O)cc2)C(=O)O1. The molecule has 1 aromatic rings. The van der Waals surface area contributed by atoms with Gasteiger partial charge in [-0.1, -0.05) is 12.1 Å². The van der Waals surface area contributed by atoms with Gasteiger partial charge in [-0.15, -0.1) is 0 Å². The maximum atomic E-state index is 13.1. The van der Waals surface area contributed by atoms with Crippen molar-refractivity contribution in [2.24, 2.45) is 11.8 Å². The van der Waals surface area contributed by atoms with Gasteiger partial charge >= 0.3 is 11.9 Å². The van der Waals surface area contributed by atoms with Crippen LogP contribution in [-0.4, -0.2) is 111 Å². The Bertz CT molecular complexity index is 1240. The molecule has 0 radical (unpaired) electrons. The van der Waals surface area contributed by atoms with Gasteiger partial charge in [0.25, 0.3) is 0 Å². The lowest BCUT2D eigenvalue weighted by atomic mass is 9.78. The predicted molar refractivity (Wildman–Crippen MR) is 125 cm³/mol. The van der Waals surface area contributed by atoms with E-state index in [-0.39, 0.29) is 16.9 Å². The highest BCUT2D eigenvalue weighted by molar-refractivity contribution is 5.94. The highest BCUT2D eigenvalue weighted by atomic mass is 16.8. The number of hydrogen-bond donors (Lipinski definition) is 6. The van der Waals surface area contributed by atoms with E-state index in [9.17, 15) is 40.2 Å². The second-order valence-corrected chi connectivity index (χ2v) is 10.3.